The lowest BCUT2D eigenvalue weighted by atomic mass is 10.2. The van der Waals surface area contributed by atoms with Gasteiger partial charge in [-0.05, 0) is 25.3 Å². The molecule has 0 aliphatic carbocycles. The van der Waals surface area contributed by atoms with Crippen LogP contribution < -0.4 is 5.32 Å². The number of aryl methyl sites for hydroxylation is 1. The molecule has 0 aromatic carbocycles. The fourth-order valence-corrected chi connectivity index (χ4v) is 3.77. The molecule has 1 unspecified atom stereocenters. The predicted molar refractivity (Wildman–Crippen MR) is 70.9 cm³/mol. The van der Waals surface area contributed by atoms with E-state index in [4.69, 9.17) is 0 Å². The van der Waals surface area contributed by atoms with Crippen LogP contribution in [0.5, 0.6) is 0 Å². The van der Waals surface area contributed by atoms with Gasteiger partial charge in [-0.3, -0.25) is 10.1 Å². The average Bonchev–Trinajstić information content (AvgIpc) is 2.30. The van der Waals surface area contributed by atoms with Crippen LogP contribution in [0.4, 0.5) is 11.5 Å². The molecular formula is C11H15N3O4S. The Balaban J connectivity index is 2.21. The molecule has 0 amide bonds. The number of nitrogens with zero attached hydrogens (tertiary/aromatic N) is 2. The zero-order valence-corrected chi connectivity index (χ0v) is 11.3. The van der Waals surface area contributed by atoms with E-state index in [1.54, 1.807) is 6.92 Å². The van der Waals surface area contributed by atoms with Crippen LogP contribution in [0.15, 0.2) is 12.3 Å². The third kappa shape index (κ3) is 3.40. The van der Waals surface area contributed by atoms with Gasteiger partial charge in [0.1, 0.15) is 0 Å². The van der Waals surface area contributed by atoms with Gasteiger partial charge in [-0.1, -0.05) is 0 Å². The molecule has 8 heteroatoms. The Morgan fingerprint density at radius 3 is 2.89 bits per heavy atom. The lowest BCUT2D eigenvalue weighted by Gasteiger charge is -2.23. The van der Waals surface area contributed by atoms with Gasteiger partial charge in [-0.15, -0.1) is 0 Å². The third-order valence-corrected chi connectivity index (χ3v) is 4.83. The van der Waals surface area contributed by atoms with Gasteiger partial charge in [0, 0.05) is 18.3 Å². The van der Waals surface area contributed by atoms with Crippen LogP contribution in [0, 0.1) is 17.0 Å². The Kier molecular flexibility index (Phi) is 3.70. The quantitative estimate of drug-likeness (QED) is 0.663. The largest absolute Gasteiger partial charge is 0.361 e. The first-order chi connectivity index (χ1) is 8.87. The van der Waals surface area contributed by atoms with E-state index in [1.165, 1.54) is 12.3 Å². The summed E-state index contributed by atoms with van der Waals surface area (Å²) in [6.07, 6.45) is 2.76. The minimum Gasteiger partial charge on any atom is -0.361 e. The van der Waals surface area contributed by atoms with Crippen LogP contribution in [0.3, 0.4) is 0 Å². The highest BCUT2D eigenvalue weighted by atomic mass is 32.2. The van der Waals surface area contributed by atoms with E-state index in [0.29, 0.717) is 18.4 Å². The summed E-state index contributed by atoms with van der Waals surface area (Å²) >= 11 is 0. The maximum atomic E-state index is 11.5. The van der Waals surface area contributed by atoms with Crippen molar-refractivity contribution < 1.29 is 13.3 Å². The standard InChI is InChI=1S/C11H15N3O4S/c1-8-5-10(14(15)16)11(12-6-8)13-9-3-2-4-19(17,18)7-9/h5-6,9H,2-4,7H2,1H3,(H,12,13). The topological polar surface area (TPSA) is 102 Å². The van der Waals surface area contributed by atoms with Gasteiger partial charge in [-0.25, -0.2) is 13.4 Å². The number of aromatic nitrogens is 1. The van der Waals surface area contributed by atoms with Crippen molar-refractivity contribution in [2.24, 2.45) is 0 Å². The van der Waals surface area contributed by atoms with Crippen molar-refractivity contribution in [3.8, 4) is 0 Å². The molecule has 2 heterocycles. The number of pyridine rings is 1. The van der Waals surface area contributed by atoms with E-state index in [2.05, 4.69) is 10.3 Å². The maximum absolute atomic E-state index is 11.5. The summed E-state index contributed by atoms with van der Waals surface area (Å²) < 4.78 is 23.1. The Morgan fingerprint density at radius 1 is 1.53 bits per heavy atom. The third-order valence-electron chi connectivity index (χ3n) is 3.00. The highest BCUT2D eigenvalue weighted by molar-refractivity contribution is 7.91. The normalized spacial score (nSPS) is 21.8. The van der Waals surface area contributed by atoms with E-state index >= 15 is 0 Å². The maximum Gasteiger partial charge on any atom is 0.311 e. The molecule has 0 bridgehead atoms. The monoisotopic (exact) mass is 285 g/mol. The Morgan fingerprint density at radius 2 is 2.26 bits per heavy atom. The summed E-state index contributed by atoms with van der Waals surface area (Å²) in [5.74, 6) is 0.326. The lowest BCUT2D eigenvalue weighted by Crippen LogP contribution is -2.35. The van der Waals surface area contributed by atoms with E-state index in [0.717, 1.165) is 0 Å². The Bertz CT molecular complexity index is 600. The molecule has 1 aliphatic rings. The predicted octanol–water partition coefficient (Wildman–Crippen LogP) is 1.29. The molecule has 0 radical (unpaired) electrons. The molecule has 7 nitrogen and oxygen atoms in total. The second-order valence-electron chi connectivity index (χ2n) is 4.74. The highest BCUT2D eigenvalue weighted by Gasteiger charge is 2.27. The van der Waals surface area contributed by atoms with Crippen molar-refractivity contribution in [2.75, 3.05) is 16.8 Å². The van der Waals surface area contributed by atoms with E-state index < -0.39 is 14.8 Å². The second kappa shape index (κ2) is 5.12. The number of nitrogens with one attached hydrogen (secondary N) is 1. The average molecular weight is 285 g/mol. The Hall–Kier alpha value is -1.70. The number of anilines is 1. The van der Waals surface area contributed by atoms with E-state index in [-0.39, 0.29) is 29.1 Å². The van der Waals surface area contributed by atoms with E-state index in [9.17, 15) is 18.5 Å². The number of nitro groups is 1. The molecule has 19 heavy (non-hydrogen) atoms. The van der Waals surface area contributed by atoms with Gasteiger partial charge >= 0.3 is 5.69 Å². The summed E-state index contributed by atoms with van der Waals surface area (Å²) in [6.45, 7) is 1.72. The molecule has 0 spiro atoms. The molecule has 2 rings (SSSR count). The molecular weight excluding hydrogens is 270 g/mol. The van der Waals surface area contributed by atoms with Crippen LogP contribution in [-0.2, 0) is 9.84 Å². The zero-order chi connectivity index (χ0) is 14.0. The van der Waals surface area contributed by atoms with Gasteiger partial charge in [0.15, 0.2) is 9.84 Å². The number of rotatable bonds is 3. The summed E-state index contributed by atoms with van der Waals surface area (Å²) in [5, 5.41) is 13.8. The van der Waals surface area contributed by atoms with Gasteiger partial charge in [0.25, 0.3) is 0 Å². The summed E-state index contributed by atoms with van der Waals surface area (Å²) in [6, 6.07) is 1.11. The molecule has 104 valence electrons. The summed E-state index contributed by atoms with van der Waals surface area (Å²) in [7, 11) is -3.05. The van der Waals surface area contributed by atoms with Crippen LogP contribution in [0.2, 0.25) is 0 Å². The van der Waals surface area contributed by atoms with Crippen molar-refractivity contribution in [3.63, 3.8) is 0 Å². The van der Waals surface area contributed by atoms with Gasteiger partial charge in [0.05, 0.1) is 16.4 Å². The molecule has 1 saturated heterocycles. The number of sulfone groups is 1. The fourth-order valence-electron chi connectivity index (χ4n) is 2.13. The van der Waals surface area contributed by atoms with Crippen LogP contribution >= 0.6 is 0 Å². The van der Waals surface area contributed by atoms with Crippen molar-refractivity contribution in [1.29, 1.82) is 0 Å². The zero-order valence-electron chi connectivity index (χ0n) is 10.5. The summed E-state index contributed by atoms with van der Waals surface area (Å²) in [4.78, 5) is 14.4. The van der Waals surface area contributed by atoms with Gasteiger partial charge in [0.2, 0.25) is 5.82 Å². The first-order valence-corrected chi connectivity index (χ1v) is 7.77. The molecule has 1 atom stereocenters. The van der Waals surface area contributed by atoms with Crippen molar-refractivity contribution in [1.82, 2.24) is 4.98 Å². The first-order valence-electron chi connectivity index (χ1n) is 5.95. The Labute approximate surface area is 111 Å². The van der Waals surface area contributed by atoms with Crippen LogP contribution in [-0.4, -0.2) is 35.9 Å². The lowest BCUT2D eigenvalue weighted by molar-refractivity contribution is -0.384. The SMILES string of the molecule is Cc1cnc(NC2CCCS(=O)(=O)C2)c([N+](=O)[O-])c1. The van der Waals surface area contributed by atoms with E-state index in [1.807, 2.05) is 0 Å². The van der Waals surface area contributed by atoms with Crippen molar-refractivity contribution >= 4 is 21.3 Å². The van der Waals surface area contributed by atoms with Gasteiger partial charge in [-0.2, -0.15) is 0 Å². The second-order valence-corrected chi connectivity index (χ2v) is 6.96. The van der Waals surface area contributed by atoms with Gasteiger partial charge < -0.3 is 5.32 Å². The minimum atomic E-state index is -3.05. The minimum absolute atomic E-state index is 0.000287. The molecule has 1 N–H and O–H groups in total. The number of hydrogen-bond donors (Lipinski definition) is 1. The molecule has 1 aromatic rings. The summed E-state index contributed by atoms with van der Waals surface area (Å²) in [5.41, 5.74) is 0.566. The molecule has 1 aromatic heterocycles. The van der Waals surface area contributed by atoms with Crippen molar-refractivity contribution in [2.45, 2.75) is 25.8 Å². The molecule has 1 fully saturated rings. The smallest absolute Gasteiger partial charge is 0.311 e. The van der Waals surface area contributed by atoms with Crippen LogP contribution in [0.1, 0.15) is 18.4 Å². The molecule has 1 aliphatic heterocycles. The number of hydrogen-bond acceptors (Lipinski definition) is 6. The fraction of sp³-hybridized carbons (Fsp3) is 0.545. The molecule has 0 saturated carbocycles. The first kappa shape index (κ1) is 13.7. The highest BCUT2D eigenvalue weighted by Crippen LogP contribution is 2.25. The van der Waals surface area contributed by atoms with Crippen molar-refractivity contribution in [3.05, 3.63) is 27.9 Å². The van der Waals surface area contributed by atoms with Crippen LogP contribution in [0.25, 0.3) is 0 Å².